The van der Waals surface area contributed by atoms with Crippen molar-refractivity contribution in [2.45, 2.75) is 26.3 Å². The number of carbonyl (C=O) groups excluding carboxylic acids is 1. The molecule has 1 N–H and O–H groups in total. The Bertz CT molecular complexity index is 551. The SMILES string of the molecule is CCc1nc(C(=O)N2CCS(=O)(=O)CC2C)n[nH]1. The lowest BCUT2D eigenvalue weighted by Gasteiger charge is -2.32. The van der Waals surface area contributed by atoms with Gasteiger partial charge in [0.2, 0.25) is 5.82 Å². The van der Waals surface area contributed by atoms with Gasteiger partial charge in [0.15, 0.2) is 9.84 Å². The first-order chi connectivity index (χ1) is 8.43. The standard InChI is InChI=1S/C10H16N4O3S/c1-3-8-11-9(13-12-8)10(15)14-4-5-18(16,17)6-7(14)2/h7H,3-6H2,1-2H3,(H,11,12,13). The maximum absolute atomic E-state index is 12.1. The van der Waals surface area contributed by atoms with Crippen molar-refractivity contribution < 1.29 is 13.2 Å². The van der Waals surface area contributed by atoms with Crippen LogP contribution in [0.4, 0.5) is 0 Å². The van der Waals surface area contributed by atoms with Crippen LogP contribution in [0.5, 0.6) is 0 Å². The summed E-state index contributed by atoms with van der Waals surface area (Å²) in [6.45, 7) is 3.84. The van der Waals surface area contributed by atoms with Gasteiger partial charge in [0.1, 0.15) is 5.82 Å². The second kappa shape index (κ2) is 4.68. The summed E-state index contributed by atoms with van der Waals surface area (Å²) in [4.78, 5) is 17.7. The molecular formula is C10H16N4O3S. The van der Waals surface area contributed by atoms with E-state index in [1.165, 1.54) is 4.90 Å². The lowest BCUT2D eigenvalue weighted by atomic mass is 10.3. The average molecular weight is 272 g/mol. The highest BCUT2D eigenvalue weighted by Gasteiger charge is 2.33. The minimum atomic E-state index is -3.02. The van der Waals surface area contributed by atoms with Gasteiger partial charge in [-0.3, -0.25) is 9.89 Å². The van der Waals surface area contributed by atoms with E-state index in [9.17, 15) is 13.2 Å². The second-order valence-electron chi connectivity index (χ2n) is 4.42. The normalized spacial score (nSPS) is 23.0. The smallest absolute Gasteiger partial charge is 0.293 e. The molecule has 2 heterocycles. The van der Waals surface area contributed by atoms with Crippen LogP contribution in [0.2, 0.25) is 0 Å². The van der Waals surface area contributed by atoms with Crippen molar-refractivity contribution in [3.05, 3.63) is 11.6 Å². The summed E-state index contributed by atoms with van der Waals surface area (Å²) in [5.41, 5.74) is 0. The topological polar surface area (TPSA) is 96.0 Å². The van der Waals surface area contributed by atoms with E-state index in [0.29, 0.717) is 12.2 Å². The number of amides is 1. The van der Waals surface area contributed by atoms with Gasteiger partial charge >= 0.3 is 0 Å². The molecule has 0 spiro atoms. The average Bonchev–Trinajstić information content (AvgIpc) is 2.75. The molecule has 1 atom stereocenters. The van der Waals surface area contributed by atoms with Crippen molar-refractivity contribution in [1.29, 1.82) is 0 Å². The van der Waals surface area contributed by atoms with Gasteiger partial charge in [0.05, 0.1) is 11.5 Å². The largest absolute Gasteiger partial charge is 0.331 e. The summed E-state index contributed by atoms with van der Waals surface area (Å²) >= 11 is 0. The zero-order chi connectivity index (χ0) is 13.3. The number of hydrogen-bond donors (Lipinski definition) is 1. The molecule has 0 saturated carbocycles. The summed E-state index contributed by atoms with van der Waals surface area (Å²) in [6.07, 6.45) is 0.671. The Hall–Kier alpha value is -1.44. The molecule has 2 rings (SSSR count). The van der Waals surface area contributed by atoms with E-state index in [-0.39, 0.29) is 35.8 Å². The van der Waals surface area contributed by atoms with Crippen LogP contribution >= 0.6 is 0 Å². The first kappa shape index (κ1) is 13.0. The van der Waals surface area contributed by atoms with Crippen LogP contribution in [0, 0.1) is 0 Å². The predicted octanol–water partition coefficient (Wildman–Crippen LogP) is -0.374. The van der Waals surface area contributed by atoms with E-state index >= 15 is 0 Å². The molecular weight excluding hydrogens is 256 g/mol. The fourth-order valence-electron chi connectivity index (χ4n) is 1.98. The molecule has 18 heavy (non-hydrogen) atoms. The van der Waals surface area contributed by atoms with Crippen molar-refractivity contribution in [2.75, 3.05) is 18.1 Å². The van der Waals surface area contributed by atoms with Gasteiger partial charge in [0, 0.05) is 19.0 Å². The lowest BCUT2D eigenvalue weighted by Crippen LogP contribution is -2.50. The third-order valence-electron chi connectivity index (χ3n) is 2.99. The van der Waals surface area contributed by atoms with Gasteiger partial charge in [-0.15, -0.1) is 5.10 Å². The highest BCUT2D eigenvalue weighted by molar-refractivity contribution is 7.91. The summed E-state index contributed by atoms with van der Waals surface area (Å²) in [6, 6.07) is -0.333. The Kier molecular flexibility index (Phi) is 3.38. The summed E-state index contributed by atoms with van der Waals surface area (Å²) in [5, 5.41) is 6.54. The molecule has 7 nitrogen and oxygen atoms in total. The fourth-order valence-corrected chi connectivity index (χ4v) is 3.53. The van der Waals surface area contributed by atoms with Gasteiger partial charge in [-0.05, 0) is 6.92 Å². The molecule has 1 saturated heterocycles. The molecule has 1 aromatic rings. The van der Waals surface area contributed by atoms with Crippen molar-refractivity contribution in [2.24, 2.45) is 0 Å². The summed E-state index contributed by atoms with van der Waals surface area (Å²) in [7, 11) is -3.02. The molecule has 0 radical (unpaired) electrons. The van der Waals surface area contributed by atoms with E-state index in [1.54, 1.807) is 6.92 Å². The van der Waals surface area contributed by atoms with E-state index < -0.39 is 9.84 Å². The molecule has 1 fully saturated rings. The Morgan fingerprint density at radius 1 is 1.56 bits per heavy atom. The molecule has 0 aromatic carbocycles. The number of nitrogens with one attached hydrogen (secondary N) is 1. The number of sulfone groups is 1. The van der Waals surface area contributed by atoms with Crippen LogP contribution in [0.25, 0.3) is 0 Å². The molecule has 100 valence electrons. The van der Waals surface area contributed by atoms with Crippen molar-refractivity contribution in [3.8, 4) is 0 Å². The number of aromatic nitrogens is 3. The molecule has 1 aromatic heterocycles. The van der Waals surface area contributed by atoms with E-state index in [4.69, 9.17) is 0 Å². The highest BCUT2D eigenvalue weighted by atomic mass is 32.2. The van der Waals surface area contributed by atoms with Crippen LogP contribution in [0.3, 0.4) is 0 Å². The second-order valence-corrected chi connectivity index (χ2v) is 6.65. The highest BCUT2D eigenvalue weighted by Crippen LogP contribution is 2.13. The minimum Gasteiger partial charge on any atom is -0.331 e. The van der Waals surface area contributed by atoms with Crippen LogP contribution in [-0.4, -0.2) is 58.5 Å². The van der Waals surface area contributed by atoms with Crippen molar-refractivity contribution in [1.82, 2.24) is 20.1 Å². The Morgan fingerprint density at radius 2 is 2.28 bits per heavy atom. The quantitative estimate of drug-likeness (QED) is 0.792. The first-order valence-corrected chi connectivity index (χ1v) is 7.67. The van der Waals surface area contributed by atoms with E-state index in [1.807, 2.05) is 6.92 Å². The molecule has 0 bridgehead atoms. The molecule has 8 heteroatoms. The Labute approximate surface area is 106 Å². The first-order valence-electron chi connectivity index (χ1n) is 5.85. The van der Waals surface area contributed by atoms with Gasteiger partial charge < -0.3 is 4.90 Å². The third kappa shape index (κ3) is 2.53. The van der Waals surface area contributed by atoms with E-state index in [0.717, 1.165) is 0 Å². The van der Waals surface area contributed by atoms with Gasteiger partial charge in [-0.2, -0.15) is 0 Å². The van der Waals surface area contributed by atoms with Crippen LogP contribution in [0.15, 0.2) is 0 Å². The molecule has 1 aliphatic heterocycles. The number of aryl methyl sites for hydroxylation is 1. The van der Waals surface area contributed by atoms with Gasteiger partial charge in [-0.1, -0.05) is 6.92 Å². The van der Waals surface area contributed by atoms with Gasteiger partial charge in [0.25, 0.3) is 5.91 Å². The number of nitrogens with zero attached hydrogens (tertiary/aromatic N) is 3. The molecule has 1 amide bonds. The van der Waals surface area contributed by atoms with Crippen LogP contribution in [-0.2, 0) is 16.3 Å². The molecule has 0 aliphatic carbocycles. The number of aromatic amines is 1. The Morgan fingerprint density at radius 3 is 2.83 bits per heavy atom. The number of hydrogen-bond acceptors (Lipinski definition) is 5. The maximum atomic E-state index is 12.1. The zero-order valence-corrected chi connectivity index (χ0v) is 11.2. The lowest BCUT2D eigenvalue weighted by molar-refractivity contribution is 0.0700. The Balaban J connectivity index is 2.14. The van der Waals surface area contributed by atoms with Crippen molar-refractivity contribution in [3.63, 3.8) is 0 Å². The number of H-pyrrole nitrogens is 1. The minimum absolute atomic E-state index is 0.00377. The zero-order valence-electron chi connectivity index (χ0n) is 10.4. The monoisotopic (exact) mass is 272 g/mol. The van der Waals surface area contributed by atoms with Crippen molar-refractivity contribution >= 4 is 15.7 Å². The maximum Gasteiger partial charge on any atom is 0.293 e. The molecule has 1 aliphatic rings. The third-order valence-corrected chi connectivity index (χ3v) is 4.78. The molecule has 1 unspecified atom stereocenters. The van der Waals surface area contributed by atoms with Gasteiger partial charge in [-0.25, -0.2) is 13.4 Å². The summed E-state index contributed by atoms with van der Waals surface area (Å²) < 4.78 is 22.9. The van der Waals surface area contributed by atoms with Crippen LogP contribution < -0.4 is 0 Å². The summed E-state index contributed by atoms with van der Waals surface area (Å²) in [5.74, 6) is 0.458. The predicted molar refractivity (Wildman–Crippen MR) is 64.9 cm³/mol. The van der Waals surface area contributed by atoms with E-state index in [2.05, 4.69) is 15.2 Å². The number of rotatable bonds is 2. The van der Waals surface area contributed by atoms with Crippen LogP contribution in [0.1, 0.15) is 30.3 Å². The fraction of sp³-hybridized carbons (Fsp3) is 0.700. The number of carbonyl (C=O) groups is 1.